The first-order valence-electron chi connectivity index (χ1n) is 11.3. The standard InChI is InChI=1S/C27H32N2O6/c1-6-16-35-20-11-8-18(9-12-20)25(30)23-24(19-10-13-21(33-4)22(17-19)34-5)29(27(32)26(23)31)15-7-14-28(2)3/h6,8-13,17,24,30H,1,7,14-16H2,2-5H3/b25-23+. The fourth-order valence-corrected chi connectivity index (χ4v) is 4.06. The van der Waals surface area contributed by atoms with E-state index >= 15 is 0 Å². The highest BCUT2D eigenvalue weighted by Gasteiger charge is 2.46. The summed E-state index contributed by atoms with van der Waals surface area (Å²) in [5.74, 6) is -0.0192. The van der Waals surface area contributed by atoms with Crippen LogP contribution in [0.15, 0.2) is 60.7 Å². The van der Waals surface area contributed by atoms with Crippen LogP contribution in [-0.4, -0.2) is 74.6 Å². The van der Waals surface area contributed by atoms with E-state index in [1.165, 1.54) is 19.1 Å². The van der Waals surface area contributed by atoms with Crippen molar-refractivity contribution in [3.05, 3.63) is 71.8 Å². The third kappa shape index (κ3) is 5.66. The molecule has 1 aliphatic heterocycles. The third-order valence-electron chi connectivity index (χ3n) is 5.76. The number of ether oxygens (including phenoxy) is 3. The number of carbonyl (C=O) groups excluding carboxylic acids is 2. The molecule has 0 radical (unpaired) electrons. The lowest BCUT2D eigenvalue weighted by Crippen LogP contribution is -2.32. The van der Waals surface area contributed by atoms with Gasteiger partial charge in [0.2, 0.25) is 0 Å². The fourth-order valence-electron chi connectivity index (χ4n) is 4.06. The molecular weight excluding hydrogens is 448 g/mol. The van der Waals surface area contributed by atoms with Gasteiger partial charge in [0.15, 0.2) is 11.5 Å². The summed E-state index contributed by atoms with van der Waals surface area (Å²) in [4.78, 5) is 29.8. The molecule has 1 N–H and O–H groups in total. The molecule has 0 aromatic heterocycles. The van der Waals surface area contributed by atoms with E-state index < -0.39 is 17.7 Å². The Morgan fingerprint density at radius 1 is 1.09 bits per heavy atom. The predicted octanol–water partition coefficient (Wildman–Crippen LogP) is 3.64. The Morgan fingerprint density at radius 3 is 2.37 bits per heavy atom. The first-order chi connectivity index (χ1) is 16.8. The van der Waals surface area contributed by atoms with Gasteiger partial charge in [0.05, 0.1) is 25.8 Å². The minimum absolute atomic E-state index is 0.0341. The Kier molecular flexibility index (Phi) is 8.54. The Hall–Kier alpha value is -3.78. The molecule has 3 rings (SSSR count). The first-order valence-corrected chi connectivity index (χ1v) is 11.3. The van der Waals surface area contributed by atoms with E-state index in [4.69, 9.17) is 14.2 Å². The van der Waals surface area contributed by atoms with Crippen LogP contribution in [0, 0.1) is 0 Å². The molecule has 1 heterocycles. The highest BCUT2D eigenvalue weighted by molar-refractivity contribution is 6.46. The van der Waals surface area contributed by atoms with Gasteiger partial charge in [-0.1, -0.05) is 18.7 Å². The monoisotopic (exact) mass is 480 g/mol. The molecule has 2 aromatic rings. The van der Waals surface area contributed by atoms with Crippen molar-refractivity contribution in [1.82, 2.24) is 9.80 Å². The molecule has 1 fully saturated rings. The molecule has 2 aromatic carbocycles. The van der Waals surface area contributed by atoms with Crippen LogP contribution in [0.4, 0.5) is 0 Å². The molecule has 0 saturated carbocycles. The van der Waals surface area contributed by atoms with Crippen molar-refractivity contribution >= 4 is 17.4 Å². The van der Waals surface area contributed by atoms with Crippen molar-refractivity contribution in [2.75, 3.05) is 48.0 Å². The van der Waals surface area contributed by atoms with E-state index in [1.54, 1.807) is 48.5 Å². The van der Waals surface area contributed by atoms with Crippen molar-refractivity contribution in [3.63, 3.8) is 0 Å². The van der Waals surface area contributed by atoms with Crippen LogP contribution in [0.2, 0.25) is 0 Å². The zero-order chi connectivity index (χ0) is 25.5. The maximum Gasteiger partial charge on any atom is 0.295 e. The summed E-state index contributed by atoms with van der Waals surface area (Å²) in [6, 6.07) is 11.1. The van der Waals surface area contributed by atoms with Crippen molar-refractivity contribution in [2.24, 2.45) is 0 Å². The number of aliphatic hydroxyl groups is 1. The Labute approximate surface area is 206 Å². The molecular formula is C27H32N2O6. The number of Topliss-reactive ketones (excluding diaryl/α,β-unsaturated/α-hetero) is 1. The normalized spacial score (nSPS) is 17.1. The average Bonchev–Trinajstić information content (AvgIpc) is 3.11. The van der Waals surface area contributed by atoms with Gasteiger partial charge in [0, 0.05) is 12.1 Å². The molecule has 0 bridgehead atoms. The smallest absolute Gasteiger partial charge is 0.295 e. The minimum Gasteiger partial charge on any atom is -0.507 e. The quantitative estimate of drug-likeness (QED) is 0.227. The van der Waals surface area contributed by atoms with Gasteiger partial charge in [0.25, 0.3) is 11.7 Å². The van der Waals surface area contributed by atoms with E-state index in [2.05, 4.69) is 6.58 Å². The van der Waals surface area contributed by atoms with Crippen LogP contribution >= 0.6 is 0 Å². The zero-order valence-corrected chi connectivity index (χ0v) is 20.6. The van der Waals surface area contributed by atoms with Gasteiger partial charge in [0.1, 0.15) is 18.1 Å². The van der Waals surface area contributed by atoms with Crippen LogP contribution in [0.25, 0.3) is 5.76 Å². The molecule has 0 aliphatic carbocycles. The van der Waals surface area contributed by atoms with E-state index in [-0.39, 0.29) is 11.3 Å². The van der Waals surface area contributed by atoms with Crippen LogP contribution in [-0.2, 0) is 9.59 Å². The number of nitrogens with zero attached hydrogens (tertiary/aromatic N) is 2. The summed E-state index contributed by atoms with van der Waals surface area (Å²) in [5.41, 5.74) is 1.08. The third-order valence-corrected chi connectivity index (χ3v) is 5.76. The van der Waals surface area contributed by atoms with Crippen LogP contribution in [0.3, 0.4) is 0 Å². The lowest BCUT2D eigenvalue weighted by atomic mass is 9.95. The number of aliphatic hydroxyl groups excluding tert-OH is 1. The van der Waals surface area contributed by atoms with Gasteiger partial charge >= 0.3 is 0 Å². The van der Waals surface area contributed by atoms with Crippen LogP contribution in [0.1, 0.15) is 23.6 Å². The predicted molar refractivity (Wildman–Crippen MR) is 134 cm³/mol. The van der Waals surface area contributed by atoms with Crippen molar-refractivity contribution in [1.29, 1.82) is 0 Å². The molecule has 1 aliphatic rings. The first kappa shape index (κ1) is 25.8. The van der Waals surface area contributed by atoms with Gasteiger partial charge < -0.3 is 29.1 Å². The second-order valence-corrected chi connectivity index (χ2v) is 8.39. The van der Waals surface area contributed by atoms with E-state index in [0.717, 1.165) is 6.54 Å². The lowest BCUT2D eigenvalue weighted by molar-refractivity contribution is -0.139. The summed E-state index contributed by atoms with van der Waals surface area (Å²) in [6.45, 7) is 5.07. The van der Waals surface area contributed by atoms with Gasteiger partial charge in [-0.2, -0.15) is 0 Å². The molecule has 8 nitrogen and oxygen atoms in total. The maximum atomic E-state index is 13.2. The van der Waals surface area contributed by atoms with Gasteiger partial charge in [-0.25, -0.2) is 0 Å². The highest BCUT2D eigenvalue weighted by Crippen LogP contribution is 2.42. The summed E-state index contributed by atoms with van der Waals surface area (Å²) < 4.78 is 16.3. The lowest BCUT2D eigenvalue weighted by Gasteiger charge is -2.26. The maximum absolute atomic E-state index is 13.2. The van der Waals surface area contributed by atoms with Crippen LogP contribution in [0.5, 0.6) is 17.2 Å². The van der Waals surface area contributed by atoms with E-state index in [1.807, 2.05) is 19.0 Å². The van der Waals surface area contributed by atoms with E-state index in [0.29, 0.717) is 47.9 Å². The molecule has 186 valence electrons. The largest absolute Gasteiger partial charge is 0.507 e. The molecule has 1 unspecified atom stereocenters. The number of methoxy groups -OCH3 is 2. The second kappa shape index (κ2) is 11.6. The van der Waals surface area contributed by atoms with Crippen molar-refractivity contribution in [3.8, 4) is 17.2 Å². The number of amides is 1. The molecule has 1 atom stereocenters. The SMILES string of the molecule is C=CCOc1ccc(/C(O)=C2\C(=O)C(=O)N(CCCN(C)C)C2c2ccc(OC)c(OC)c2)cc1. The van der Waals surface area contributed by atoms with Gasteiger partial charge in [-0.15, -0.1) is 0 Å². The number of hydrogen-bond donors (Lipinski definition) is 1. The number of ketones is 1. The summed E-state index contributed by atoms with van der Waals surface area (Å²) >= 11 is 0. The molecule has 8 heteroatoms. The number of rotatable bonds is 11. The molecule has 35 heavy (non-hydrogen) atoms. The van der Waals surface area contributed by atoms with Gasteiger partial charge in [-0.3, -0.25) is 9.59 Å². The Balaban J connectivity index is 2.08. The highest BCUT2D eigenvalue weighted by atomic mass is 16.5. The number of benzene rings is 2. The minimum atomic E-state index is -0.770. The second-order valence-electron chi connectivity index (χ2n) is 8.39. The van der Waals surface area contributed by atoms with E-state index in [9.17, 15) is 14.7 Å². The molecule has 1 amide bonds. The Bertz CT molecular complexity index is 1110. The fraction of sp³-hybridized carbons (Fsp3) is 0.333. The van der Waals surface area contributed by atoms with Crippen LogP contribution < -0.4 is 14.2 Å². The van der Waals surface area contributed by atoms with Gasteiger partial charge in [-0.05, 0) is 69.0 Å². The number of carbonyl (C=O) groups is 2. The zero-order valence-electron chi connectivity index (χ0n) is 20.6. The molecule has 1 saturated heterocycles. The number of hydrogen-bond acceptors (Lipinski definition) is 7. The Morgan fingerprint density at radius 2 is 1.77 bits per heavy atom. The topological polar surface area (TPSA) is 88.5 Å². The summed E-state index contributed by atoms with van der Waals surface area (Å²) in [6.07, 6.45) is 2.30. The number of likely N-dealkylation sites (tertiary alicyclic amines) is 1. The van der Waals surface area contributed by atoms with Crippen molar-refractivity contribution in [2.45, 2.75) is 12.5 Å². The summed E-state index contributed by atoms with van der Waals surface area (Å²) in [5, 5.41) is 11.2. The summed E-state index contributed by atoms with van der Waals surface area (Å²) in [7, 11) is 6.95. The van der Waals surface area contributed by atoms with Crippen molar-refractivity contribution < 1.29 is 28.9 Å². The molecule has 0 spiro atoms. The average molecular weight is 481 g/mol.